The first kappa shape index (κ1) is 34.3. The molecule has 0 aromatic heterocycles. The summed E-state index contributed by atoms with van der Waals surface area (Å²) in [4.78, 5) is 5.14. The van der Waals surface area contributed by atoms with Crippen LogP contribution in [0.4, 0.5) is 0 Å². The molecule has 0 spiro atoms. The first-order valence-electron chi connectivity index (χ1n) is 19.6. The summed E-state index contributed by atoms with van der Waals surface area (Å²) in [6.07, 6.45) is 3.84. The average Bonchev–Trinajstić information content (AvgIpc) is 3.50. The second kappa shape index (κ2) is 13.8. The molecule has 0 unspecified atom stereocenters. The van der Waals surface area contributed by atoms with Crippen molar-refractivity contribution < 1.29 is 0 Å². The molecule has 1 aliphatic rings. The number of aliphatic imine (C=N–C) groups is 1. The Labute approximate surface area is 333 Å². The third-order valence-corrected chi connectivity index (χ3v) is 11.8. The predicted molar refractivity (Wildman–Crippen MR) is 243 cm³/mol. The second-order valence-electron chi connectivity index (χ2n) is 15.5. The molecule has 270 valence electrons. The molecule has 2 nitrogen and oxygen atoms in total. The zero-order chi connectivity index (χ0) is 38.5. The molecule has 9 aromatic rings. The second-order valence-corrected chi connectivity index (χ2v) is 15.5. The van der Waals surface area contributed by atoms with Crippen LogP contribution in [0.15, 0.2) is 199 Å². The van der Waals surface area contributed by atoms with Gasteiger partial charge in [0.15, 0.2) is 0 Å². The quantitative estimate of drug-likeness (QED) is 0.159. The Bertz CT molecular complexity index is 3090. The van der Waals surface area contributed by atoms with Crippen LogP contribution in [0, 0.1) is 5.41 Å². The van der Waals surface area contributed by atoms with Crippen molar-refractivity contribution in [3.05, 3.63) is 222 Å². The van der Waals surface area contributed by atoms with Gasteiger partial charge in [-0.05, 0) is 94.5 Å². The van der Waals surface area contributed by atoms with E-state index in [1.165, 1.54) is 60.7 Å². The Kier molecular flexibility index (Phi) is 8.34. The van der Waals surface area contributed by atoms with Gasteiger partial charge in [0.2, 0.25) is 0 Å². The molecular weight excluding hydrogens is 689 g/mol. The van der Waals surface area contributed by atoms with Crippen LogP contribution in [-0.4, -0.2) is 11.9 Å². The average molecular weight is 729 g/mol. The van der Waals surface area contributed by atoms with Gasteiger partial charge >= 0.3 is 0 Å². The highest BCUT2D eigenvalue weighted by molar-refractivity contribution is 6.13. The predicted octanol–water partition coefficient (Wildman–Crippen LogP) is 14.3. The molecule has 0 bridgehead atoms. The van der Waals surface area contributed by atoms with Crippen molar-refractivity contribution >= 4 is 49.9 Å². The molecule has 9 aromatic carbocycles. The fraction of sp³-hybridized carbons (Fsp3) is 0.0545. The van der Waals surface area contributed by atoms with Gasteiger partial charge in [-0.1, -0.05) is 196 Å². The Balaban J connectivity index is 0.994. The van der Waals surface area contributed by atoms with E-state index in [-0.39, 0.29) is 5.41 Å². The Hall–Kier alpha value is -7.16. The lowest BCUT2D eigenvalue weighted by atomic mass is 9.81. The molecule has 0 heterocycles. The van der Waals surface area contributed by atoms with Crippen LogP contribution < -0.4 is 0 Å². The van der Waals surface area contributed by atoms with Gasteiger partial charge in [-0.15, -0.1) is 0 Å². The summed E-state index contributed by atoms with van der Waals surface area (Å²) in [5.41, 5.74) is 14.3. The largest absolute Gasteiger partial charge is 0.300 e. The SMILES string of the molecule is CC1(C)c2cc(-c3ccc(-c4ccc(C=N/C(=C\C(=N)c5ccccc5)c5cccc6ccccc56)c5ccccc45)cc3)ccc2-c2c1ccc1ccccc21. The Morgan fingerprint density at radius 2 is 1.11 bits per heavy atom. The van der Waals surface area contributed by atoms with Crippen molar-refractivity contribution in [1.82, 2.24) is 0 Å². The van der Waals surface area contributed by atoms with Gasteiger partial charge in [0.1, 0.15) is 0 Å². The number of allylic oxidation sites excluding steroid dienone is 1. The highest BCUT2D eigenvalue weighted by Crippen LogP contribution is 2.52. The van der Waals surface area contributed by atoms with Crippen molar-refractivity contribution in [2.45, 2.75) is 19.3 Å². The van der Waals surface area contributed by atoms with Crippen LogP contribution in [0.2, 0.25) is 0 Å². The van der Waals surface area contributed by atoms with Crippen LogP contribution >= 0.6 is 0 Å². The molecule has 10 rings (SSSR count). The minimum absolute atomic E-state index is 0.0797. The first-order valence-corrected chi connectivity index (χ1v) is 19.6. The number of benzene rings is 9. The minimum Gasteiger partial charge on any atom is -0.300 e. The lowest BCUT2D eigenvalue weighted by Crippen LogP contribution is -2.15. The number of nitrogens with one attached hydrogen (secondary N) is 1. The van der Waals surface area contributed by atoms with E-state index >= 15 is 0 Å². The summed E-state index contributed by atoms with van der Waals surface area (Å²) in [5, 5.41) is 16.1. The molecule has 0 amide bonds. The fourth-order valence-corrected chi connectivity index (χ4v) is 8.83. The summed E-state index contributed by atoms with van der Waals surface area (Å²) in [5.74, 6) is 0. The minimum atomic E-state index is -0.0797. The molecule has 0 saturated carbocycles. The summed E-state index contributed by atoms with van der Waals surface area (Å²) in [7, 11) is 0. The van der Waals surface area contributed by atoms with Gasteiger partial charge < -0.3 is 5.41 Å². The Morgan fingerprint density at radius 3 is 1.89 bits per heavy atom. The summed E-state index contributed by atoms with van der Waals surface area (Å²) in [6.45, 7) is 4.71. The Morgan fingerprint density at radius 1 is 0.491 bits per heavy atom. The molecular formula is C55H40N2. The third-order valence-electron chi connectivity index (χ3n) is 11.8. The van der Waals surface area contributed by atoms with Gasteiger partial charge in [-0.2, -0.15) is 0 Å². The summed E-state index contributed by atoms with van der Waals surface area (Å²) < 4.78 is 0. The molecule has 0 fully saturated rings. The smallest absolute Gasteiger partial charge is 0.0729 e. The first-order chi connectivity index (χ1) is 27.9. The molecule has 0 aliphatic heterocycles. The fourth-order valence-electron chi connectivity index (χ4n) is 8.83. The van der Waals surface area contributed by atoms with E-state index in [9.17, 15) is 0 Å². The third kappa shape index (κ3) is 5.98. The van der Waals surface area contributed by atoms with Crippen LogP contribution in [-0.2, 0) is 5.41 Å². The lowest BCUT2D eigenvalue weighted by Gasteiger charge is -2.22. The standard InChI is InChI=1S/C55H40N2/c1-55(2)50-32-29-38-14-7-9-20-46(38)54(50)49-31-27-41(33-51(49)55)36-23-25-39(26-24-36)45-30-28-42(44-19-10-11-21-47(44)45)35-57-53(34-52(56)40-15-4-3-5-16-40)48-22-12-17-37-13-6-8-18-43(37)48/h3-35,56H,1-2H3/b53-34-,56-52?,57-35?. The number of nitrogens with zero attached hydrogens (tertiary/aromatic N) is 1. The van der Waals surface area contributed by atoms with Crippen molar-refractivity contribution in [3.63, 3.8) is 0 Å². The maximum Gasteiger partial charge on any atom is 0.0729 e. The molecule has 1 N–H and O–H groups in total. The van der Waals surface area contributed by atoms with E-state index in [1.54, 1.807) is 0 Å². The molecule has 1 aliphatic carbocycles. The van der Waals surface area contributed by atoms with E-state index in [0.717, 1.165) is 38.5 Å². The zero-order valence-corrected chi connectivity index (χ0v) is 32.0. The number of fused-ring (bicyclic) bond motifs is 7. The van der Waals surface area contributed by atoms with E-state index in [1.807, 2.05) is 42.6 Å². The number of rotatable bonds is 7. The normalized spacial score (nSPS) is 13.3. The molecule has 2 heteroatoms. The van der Waals surface area contributed by atoms with E-state index in [4.69, 9.17) is 10.4 Å². The van der Waals surface area contributed by atoms with E-state index < -0.39 is 0 Å². The van der Waals surface area contributed by atoms with Crippen molar-refractivity contribution in [2.24, 2.45) is 4.99 Å². The topological polar surface area (TPSA) is 36.2 Å². The summed E-state index contributed by atoms with van der Waals surface area (Å²) >= 11 is 0. The highest BCUT2D eigenvalue weighted by Gasteiger charge is 2.36. The van der Waals surface area contributed by atoms with Gasteiger partial charge in [0.25, 0.3) is 0 Å². The van der Waals surface area contributed by atoms with Crippen LogP contribution in [0.1, 0.15) is 41.7 Å². The van der Waals surface area contributed by atoms with Gasteiger partial charge in [-0.25, -0.2) is 0 Å². The van der Waals surface area contributed by atoms with Crippen molar-refractivity contribution in [2.75, 3.05) is 0 Å². The van der Waals surface area contributed by atoms with Crippen LogP contribution in [0.25, 0.3) is 71.4 Å². The number of hydrogen-bond donors (Lipinski definition) is 1. The molecule has 0 atom stereocenters. The molecule has 0 saturated heterocycles. The molecule has 0 radical (unpaired) electrons. The lowest BCUT2D eigenvalue weighted by molar-refractivity contribution is 0.661. The van der Waals surface area contributed by atoms with E-state index in [0.29, 0.717) is 5.71 Å². The van der Waals surface area contributed by atoms with Crippen molar-refractivity contribution in [1.29, 1.82) is 5.41 Å². The monoisotopic (exact) mass is 728 g/mol. The zero-order valence-electron chi connectivity index (χ0n) is 32.0. The van der Waals surface area contributed by atoms with Crippen molar-refractivity contribution in [3.8, 4) is 33.4 Å². The van der Waals surface area contributed by atoms with Crippen LogP contribution in [0.5, 0.6) is 0 Å². The van der Waals surface area contributed by atoms with E-state index in [2.05, 4.69) is 172 Å². The van der Waals surface area contributed by atoms with Gasteiger partial charge in [0, 0.05) is 22.8 Å². The maximum absolute atomic E-state index is 8.98. The maximum atomic E-state index is 8.98. The van der Waals surface area contributed by atoms with Gasteiger partial charge in [0.05, 0.1) is 11.4 Å². The number of hydrogen-bond acceptors (Lipinski definition) is 2. The van der Waals surface area contributed by atoms with Gasteiger partial charge in [-0.3, -0.25) is 4.99 Å². The van der Waals surface area contributed by atoms with Crippen LogP contribution in [0.3, 0.4) is 0 Å². The molecule has 57 heavy (non-hydrogen) atoms. The summed E-state index contributed by atoms with van der Waals surface area (Å²) in [6, 6.07) is 66.8. The highest BCUT2D eigenvalue weighted by atomic mass is 14.7.